The maximum absolute atomic E-state index is 13.0. The molecule has 25 heavy (non-hydrogen) atoms. The van der Waals surface area contributed by atoms with Crippen LogP contribution in [0, 0.1) is 11.3 Å². The Balaban J connectivity index is 2.66. The van der Waals surface area contributed by atoms with E-state index >= 15 is 0 Å². The van der Waals surface area contributed by atoms with Gasteiger partial charge in [0.2, 0.25) is 0 Å². The van der Waals surface area contributed by atoms with Crippen molar-refractivity contribution in [3.8, 4) is 11.8 Å². The lowest BCUT2D eigenvalue weighted by molar-refractivity contribution is -0.137. The number of rotatable bonds is 3. The SMILES string of the molecule is N#Cc1c(SC(F)(F)Cl)cn(-c2c(Cl)cc(C(F)(F)F)cc2Cl)c1Cl. The van der Waals surface area contributed by atoms with Gasteiger partial charge in [0.15, 0.2) is 0 Å². The molecule has 0 atom stereocenters. The molecule has 2 aromatic rings. The van der Waals surface area contributed by atoms with Crippen molar-refractivity contribution < 1.29 is 22.0 Å². The summed E-state index contributed by atoms with van der Waals surface area (Å²) >= 11 is 22.3. The van der Waals surface area contributed by atoms with Crippen LogP contribution in [0.3, 0.4) is 0 Å². The number of halogens is 9. The van der Waals surface area contributed by atoms with E-state index in [1.807, 2.05) is 0 Å². The molecule has 1 aromatic carbocycles. The van der Waals surface area contributed by atoms with Crippen LogP contribution in [0.4, 0.5) is 22.0 Å². The molecule has 12 heteroatoms. The lowest BCUT2D eigenvalue weighted by Gasteiger charge is -2.14. The van der Waals surface area contributed by atoms with Crippen molar-refractivity contribution in [1.29, 1.82) is 5.26 Å². The summed E-state index contributed by atoms with van der Waals surface area (Å²) in [6, 6.07) is 2.83. The van der Waals surface area contributed by atoms with E-state index in [0.717, 1.165) is 10.8 Å². The minimum atomic E-state index is -4.69. The molecule has 0 aliphatic carbocycles. The highest BCUT2D eigenvalue weighted by atomic mass is 35.5. The first-order chi connectivity index (χ1) is 11.3. The minimum Gasteiger partial charge on any atom is -0.302 e. The summed E-state index contributed by atoms with van der Waals surface area (Å²) < 4.78 is 61.5. The van der Waals surface area contributed by atoms with E-state index in [1.165, 1.54) is 0 Å². The van der Waals surface area contributed by atoms with E-state index < -0.39 is 26.5 Å². The number of hydrogen-bond donors (Lipinski definition) is 0. The Hall–Kier alpha value is -0.850. The van der Waals surface area contributed by atoms with E-state index in [0.29, 0.717) is 12.1 Å². The normalized spacial score (nSPS) is 12.3. The molecule has 0 amide bonds. The number of alkyl halides is 6. The average Bonchev–Trinajstić information content (AvgIpc) is 2.71. The van der Waals surface area contributed by atoms with E-state index in [1.54, 1.807) is 6.07 Å². The van der Waals surface area contributed by atoms with E-state index in [9.17, 15) is 22.0 Å². The van der Waals surface area contributed by atoms with Gasteiger partial charge in [-0.2, -0.15) is 27.2 Å². The third-order valence-corrected chi connectivity index (χ3v) is 4.77. The molecule has 0 saturated carbocycles. The van der Waals surface area contributed by atoms with Crippen LogP contribution in [-0.4, -0.2) is 9.28 Å². The molecule has 0 N–H and O–H groups in total. The fourth-order valence-corrected chi connectivity index (χ4v) is 3.79. The molecule has 2 rings (SSSR count). The first kappa shape index (κ1) is 20.5. The molecule has 0 radical (unpaired) electrons. The zero-order valence-electron chi connectivity index (χ0n) is 11.4. The van der Waals surface area contributed by atoms with Gasteiger partial charge >= 0.3 is 10.9 Å². The smallest absolute Gasteiger partial charge is 0.302 e. The Labute approximate surface area is 162 Å². The summed E-state index contributed by atoms with van der Waals surface area (Å²) in [6.45, 7) is 0. The molecule has 1 heterocycles. The van der Waals surface area contributed by atoms with E-state index in [4.69, 9.17) is 51.7 Å². The molecule has 0 spiro atoms. The number of hydrogen-bond acceptors (Lipinski definition) is 2. The number of thioether (sulfide) groups is 1. The molecule has 134 valence electrons. The lowest BCUT2D eigenvalue weighted by atomic mass is 10.2. The maximum Gasteiger partial charge on any atom is 0.416 e. The lowest BCUT2D eigenvalue weighted by Crippen LogP contribution is -2.06. The second-order valence-electron chi connectivity index (χ2n) is 4.48. The molecule has 0 aliphatic rings. The summed E-state index contributed by atoms with van der Waals surface area (Å²) in [5.74, 6) is 0. The third-order valence-electron chi connectivity index (χ3n) is 2.83. The molecule has 0 fully saturated rings. The van der Waals surface area contributed by atoms with Gasteiger partial charge < -0.3 is 4.57 Å². The van der Waals surface area contributed by atoms with Gasteiger partial charge in [0.05, 0.1) is 26.2 Å². The Bertz CT molecular complexity index is 844. The van der Waals surface area contributed by atoms with Crippen molar-refractivity contribution in [3.05, 3.63) is 44.7 Å². The van der Waals surface area contributed by atoms with Crippen LogP contribution in [0.1, 0.15) is 11.1 Å². The van der Waals surface area contributed by atoms with Crippen molar-refractivity contribution in [2.24, 2.45) is 0 Å². The van der Waals surface area contributed by atoms with Gasteiger partial charge in [0.1, 0.15) is 16.8 Å². The van der Waals surface area contributed by atoms with E-state index in [-0.39, 0.29) is 33.1 Å². The van der Waals surface area contributed by atoms with Gasteiger partial charge in [0, 0.05) is 6.20 Å². The van der Waals surface area contributed by atoms with Gasteiger partial charge in [-0.15, -0.1) is 0 Å². The predicted molar refractivity (Wildman–Crippen MR) is 87.2 cm³/mol. The Morgan fingerprint density at radius 3 is 1.96 bits per heavy atom. The van der Waals surface area contributed by atoms with Crippen LogP contribution in [-0.2, 0) is 6.18 Å². The monoisotopic (exact) mass is 454 g/mol. The van der Waals surface area contributed by atoms with Gasteiger partial charge in [-0.1, -0.05) is 34.8 Å². The zero-order chi connectivity index (χ0) is 19.2. The zero-order valence-corrected chi connectivity index (χ0v) is 15.3. The van der Waals surface area contributed by atoms with Gasteiger partial charge in [-0.25, -0.2) is 0 Å². The van der Waals surface area contributed by atoms with E-state index in [2.05, 4.69) is 0 Å². The molecular weight excluding hydrogens is 453 g/mol. The molecule has 0 aliphatic heterocycles. The Kier molecular flexibility index (Phi) is 5.77. The average molecular weight is 456 g/mol. The van der Waals surface area contributed by atoms with Crippen LogP contribution >= 0.6 is 58.2 Å². The first-order valence-corrected chi connectivity index (χ1v) is 8.31. The summed E-state index contributed by atoms with van der Waals surface area (Å²) in [4.78, 5) is -0.292. The predicted octanol–water partition coefficient (Wildman–Crippen LogP) is 7.21. The highest BCUT2D eigenvalue weighted by Gasteiger charge is 2.34. The topological polar surface area (TPSA) is 28.7 Å². The van der Waals surface area contributed by atoms with Crippen molar-refractivity contribution in [1.82, 2.24) is 4.57 Å². The standard InChI is InChI=1S/C13H3Cl4F5N2S/c14-7-1-5(12(18,19)20)2-8(15)10(7)24-4-9(25-13(17,21)22)6(3-23)11(24)16/h1-2,4H. The molecule has 0 unspecified atom stereocenters. The Morgan fingerprint density at radius 1 is 1.04 bits per heavy atom. The summed E-state index contributed by atoms with van der Waals surface area (Å²) in [5, 5.41) is 7.86. The summed E-state index contributed by atoms with van der Waals surface area (Å²) in [6.07, 6.45) is -3.70. The minimum absolute atomic E-state index is 0.161. The van der Waals surface area contributed by atoms with Gasteiger partial charge in [0.25, 0.3) is 0 Å². The van der Waals surface area contributed by atoms with Crippen LogP contribution in [0.2, 0.25) is 15.2 Å². The quantitative estimate of drug-likeness (QED) is 0.278. The first-order valence-electron chi connectivity index (χ1n) is 5.98. The highest BCUT2D eigenvalue weighted by Crippen LogP contribution is 2.45. The van der Waals surface area contributed by atoms with Crippen molar-refractivity contribution in [3.63, 3.8) is 0 Å². The van der Waals surface area contributed by atoms with Crippen LogP contribution in [0.15, 0.2) is 23.2 Å². The number of benzene rings is 1. The van der Waals surface area contributed by atoms with Crippen molar-refractivity contribution in [2.75, 3.05) is 0 Å². The second kappa shape index (κ2) is 7.05. The largest absolute Gasteiger partial charge is 0.416 e. The third kappa shape index (κ3) is 4.47. The molecule has 1 aromatic heterocycles. The molecule has 2 nitrogen and oxygen atoms in total. The summed E-state index contributed by atoms with van der Waals surface area (Å²) in [7, 11) is 0. The fraction of sp³-hybridized carbons (Fsp3) is 0.154. The fourth-order valence-electron chi connectivity index (χ4n) is 1.89. The number of nitrogens with zero attached hydrogens (tertiary/aromatic N) is 2. The van der Waals surface area contributed by atoms with Crippen molar-refractivity contribution >= 4 is 58.2 Å². The summed E-state index contributed by atoms with van der Waals surface area (Å²) in [5.41, 5.74) is -1.64. The number of nitriles is 1. The van der Waals surface area contributed by atoms with Gasteiger partial charge in [-0.05, 0) is 35.5 Å². The Morgan fingerprint density at radius 2 is 1.56 bits per heavy atom. The highest BCUT2D eigenvalue weighted by molar-refractivity contribution is 8.01. The molecular formula is C13H3Cl4F5N2S. The molecule has 0 saturated heterocycles. The second-order valence-corrected chi connectivity index (χ2v) is 7.50. The van der Waals surface area contributed by atoms with Crippen LogP contribution < -0.4 is 0 Å². The van der Waals surface area contributed by atoms with Crippen LogP contribution in [0.25, 0.3) is 5.69 Å². The van der Waals surface area contributed by atoms with Crippen molar-refractivity contribution in [2.45, 2.75) is 15.8 Å². The van der Waals surface area contributed by atoms with Gasteiger partial charge in [-0.3, -0.25) is 0 Å². The maximum atomic E-state index is 13.0. The number of aromatic nitrogens is 1. The van der Waals surface area contributed by atoms with Crippen LogP contribution in [0.5, 0.6) is 0 Å². The molecule has 0 bridgehead atoms.